The van der Waals surface area contributed by atoms with Gasteiger partial charge in [-0.2, -0.15) is 0 Å². The Hall–Kier alpha value is -1.91. The Morgan fingerprint density at radius 1 is 0.955 bits per heavy atom. The second-order valence-electron chi connectivity index (χ2n) is 5.24. The fourth-order valence-corrected chi connectivity index (χ4v) is 3.05. The van der Waals surface area contributed by atoms with Crippen molar-refractivity contribution in [1.82, 2.24) is 9.13 Å². The Balaban J connectivity index is 1.88. The minimum absolute atomic E-state index is 0.0262. The highest BCUT2D eigenvalue weighted by molar-refractivity contribution is 6.35. The SMILES string of the molecule is Cn1c(=O)n(C)c2cc(CNc3cc(Cl)cc(Cl)c3)ccc21. The second-order valence-corrected chi connectivity index (χ2v) is 6.11. The van der Waals surface area contributed by atoms with Crippen LogP contribution in [0.2, 0.25) is 10.0 Å². The number of imidazole rings is 1. The summed E-state index contributed by atoms with van der Waals surface area (Å²) in [6, 6.07) is 11.3. The molecule has 0 saturated heterocycles. The first-order valence-corrected chi connectivity index (χ1v) is 7.55. The summed E-state index contributed by atoms with van der Waals surface area (Å²) in [6.45, 7) is 0.621. The number of hydrogen-bond donors (Lipinski definition) is 1. The van der Waals surface area contributed by atoms with Crippen LogP contribution in [0.3, 0.4) is 0 Å². The van der Waals surface area contributed by atoms with Crippen molar-refractivity contribution in [3.05, 3.63) is 62.5 Å². The molecule has 0 bridgehead atoms. The first kappa shape index (κ1) is 15.0. The normalized spacial score (nSPS) is 11.1. The Morgan fingerprint density at radius 2 is 1.59 bits per heavy atom. The lowest BCUT2D eigenvalue weighted by Crippen LogP contribution is -2.19. The van der Waals surface area contributed by atoms with Crippen molar-refractivity contribution >= 4 is 39.9 Å². The van der Waals surface area contributed by atoms with Gasteiger partial charge in [0.15, 0.2) is 0 Å². The molecule has 0 radical (unpaired) electrons. The number of anilines is 1. The summed E-state index contributed by atoms with van der Waals surface area (Å²) in [6.07, 6.45) is 0. The van der Waals surface area contributed by atoms with Gasteiger partial charge in [0.2, 0.25) is 0 Å². The van der Waals surface area contributed by atoms with Crippen molar-refractivity contribution in [1.29, 1.82) is 0 Å². The minimum atomic E-state index is -0.0262. The monoisotopic (exact) mass is 335 g/mol. The van der Waals surface area contributed by atoms with Crippen LogP contribution in [0, 0.1) is 0 Å². The Morgan fingerprint density at radius 3 is 2.27 bits per heavy atom. The van der Waals surface area contributed by atoms with Crippen molar-refractivity contribution in [2.24, 2.45) is 14.1 Å². The van der Waals surface area contributed by atoms with Crippen LogP contribution in [0.25, 0.3) is 11.0 Å². The molecular weight excluding hydrogens is 321 g/mol. The number of rotatable bonds is 3. The zero-order valence-corrected chi connectivity index (χ0v) is 13.7. The van der Waals surface area contributed by atoms with Gasteiger partial charge >= 0.3 is 5.69 Å². The summed E-state index contributed by atoms with van der Waals surface area (Å²) < 4.78 is 3.29. The predicted molar refractivity (Wildman–Crippen MR) is 91.9 cm³/mol. The molecule has 0 spiro atoms. The largest absolute Gasteiger partial charge is 0.381 e. The number of benzene rings is 2. The van der Waals surface area contributed by atoms with Crippen molar-refractivity contribution in [2.45, 2.75) is 6.54 Å². The number of aromatic nitrogens is 2. The van der Waals surface area contributed by atoms with E-state index in [0.717, 1.165) is 22.3 Å². The van der Waals surface area contributed by atoms with Crippen molar-refractivity contribution in [3.8, 4) is 0 Å². The highest BCUT2D eigenvalue weighted by Crippen LogP contribution is 2.23. The van der Waals surface area contributed by atoms with Crippen LogP contribution in [-0.4, -0.2) is 9.13 Å². The van der Waals surface area contributed by atoms with E-state index in [1.54, 1.807) is 29.3 Å². The molecule has 3 aromatic rings. The molecule has 0 aliphatic rings. The Bertz CT molecular complexity index is 891. The molecule has 0 saturated carbocycles. The summed E-state index contributed by atoms with van der Waals surface area (Å²) in [5.74, 6) is 0. The van der Waals surface area contributed by atoms with E-state index in [1.807, 2.05) is 30.3 Å². The summed E-state index contributed by atoms with van der Waals surface area (Å²) >= 11 is 12.0. The number of aryl methyl sites for hydroxylation is 2. The van der Waals surface area contributed by atoms with Gasteiger partial charge in [-0.1, -0.05) is 29.3 Å². The van der Waals surface area contributed by atoms with E-state index in [-0.39, 0.29) is 5.69 Å². The second kappa shape index (κ2) is 5.71. The van der Waals surface area contributed by atoms with E-state index >= 15 is 0 Å². The molecule has 1 heterocycles. The van der Waals surface area contributed by atoms with Crippen molar-refractivity contribution in [3.63, 3.8) is 0 Å². The number of fused-ring (bicyclic) bond motifs is 1. The van der Waals surface area contributed by atoms with Gasteiger partial charge in [-0.05, 0) is 35.9 Å². The zero-order valence-electron chi connectivity index (χ0n) is 12.2. The van der Waals surface area contributed by atoms with Crippen LogP contribution >= 0.6 is 23.2 Å². The highest BCUT2D eigenvalue weighted by atomic mass is 35.5. The predicted octanol–water partition coefficient (Wildman–Crippen LogP) is 3.80. The third kappa shape index (κ3) is 2.72. The fraction of sp³-hybridized carbons (Fsp3) is 0.188. The average molecular weight is 336 g/mol. The third-order valence-corrected chi connectivity index (χ3v) is 4.13. The van der Waals surface area contributed by atoms with Crippen molar-refractivity contribution < 1.29 is 0 Å². The molecule has 3 rings (SSSR count). The van der Waals surface area contributed by atoms with Gasteiger partial charge in [-0.25, -0.2) is 4.79 Å². The van der Waals surface area contributed by atoms with Gasteiger partial charge in [0.1, 0.15) is 0 Å². The quantitative estimate of drug-likeness (QED) is 0.790. The maximum absolute atomic E-state index is 11.9. The smallest absolute Gasteiger partial charge is 0.328 e. The lowest BCUT2D eigenvalue weighted by Gasteiger charge is -2.08. The molecule has 0 amide bonds. The van der Waals surface area contributed by atoms with Gasteiger partial charge in [0.05, 0.1) is 11.0 Å². The number of nitrogens with zero attached hydrogens (tertiary/aromatic N) is 2. The maximum atomic E-state index is 11.9. The molecule has 6 heteroatoms. The minimum Gasteiger partial charge on any atom is -0.381 e. The summed E-state index contributed by atoms with van der Waals surface area (Å²) in [7, 11) is 3.55. The molecule has 1 N–H and O–H groups in total. The van der Waals surface area contributed by atoms with Gasteiger partial charge in [-0.15, -0.1) is 0 Å². The maximum Gasteiger partial charge on any atom is 0.328 e. The van der Waals surface area contributed by atoms with Crippen LogP contribution in [0.1, 0.15) is 5.56 Å². The molecular formula is C16H15Cl2N3O. The Labute approximate surface area is 137 Å². The van der Waals surface area contributed by atoms with Gasteiger partial charge in [-0.3, -0.25) is 9.13 Å². The van der Waals surface area contributed by atoms with E-state index in [0.29, 0.717) is 16.6 Å². The molecule has 4 nitrogen and oxygen atoms in total. The standard InChI is InChI=1S/C16H15Cl2N3O/c1-20-14-4-3-10(5-15(14)21(2)16(20)22)9-19-13-7-11(17)6-12(18)8-13/h3-8,19H,9H2,1-2H3. The zero-order chi connectivity index (χ0) is 15.9. The number of nitrogens with one attached hydrogen (secondary N) is 1. The average Bonchev–Trinajstić information content (AvgIpc) is 2.69. The van der Waals surface area contributed by atoms with E-state index in [4.69, 9.17) is 23.2 Å². The lowest BCUT2D eigenvalue weighted by atomic mass is 10.2. The molecule has 114 valence electrons. The van der Waals surface area contributed by atoms with E-state index < -0.39 is 0 Å². The van der Waals surface area contributed by atoms with Gasteiger partial charge < -0.3 is 5.32 Å². The molecule has 22 heavy (non-hydrogen) atoms. The fourth-order valence-electron chi connectivity index (χ4n) is 2.52. The first-order chi connectivity index (χ1) is 10.5. The summed E-state index contributed by atoms with van der Waals surface area (Å²) in [5, 5.41) is 4.47. The molecule has 1 aromatic heterocycles. The molecule has 0 atom stereocenters. The van der Waals surface area contributed by atoms with Crippen LogP contribution < -0.4 is 11.0 Å². The lowest BCUT2D eigenvalue weighted by molar-refractivity contribution is 0.795. The first-order valence-electron chi connectivity index (χ1n) is 6.80. The van der Waals surface area contributed by atoms with E-state index in [9.17, 15) is 4.79 Å². The van der Waals surface area contributed by atoms with Crippen LogP contribution in [-0.2, 0) is 20.6 Å². The third-order valence-electron chi connectivity index (χ3n) is 3.70. The van der Waals surface area contributed by atoms with E-state index in [1.165, 1.54) is 0 Å². The van der Waals surface area contributed by atoms with Gasteiger partial charge in [0, 0.05) is 36.4 Å². The van der Waals surface area contributed by atoms with Crippen molar-refractivity contribution in [2.75, 3.05) is 5.32 Å². The summed E-state index contributed by atoms with van der Waals surface area (Å²) in [5.41, 5.74) is 3.74. The van der Waals surface area contributed by atoms with Gasteiger partial charge in [0.25, 0.3) is 0 Å². The molecule has 0 aliphatic heterocycles. The molecule has 0 aliphatic carbocycles. The molecule has 2 aromatic carbocycles. The number of hydrogen-bond acceptors (Lipinski definition) is 2. The Kier molecular flexibility index (Phi) is 3.89. The molecule has 0 fully saturated rings. The number of halogens is 2. The molecule has 0 unspecified atom stereocenters. The highest BCUT2D eigenvalue weighted by Gasteiger charge is 2.08. The van der Waals surface area contributed by atoms with E-state index in [2.05, 4.69) is 5.32 Å². The topological polar surface area (TPSA) is 39.0 Å². The van der Waals surface area contributed by atoms with Crippen LogP contribution in [0.5, 0.6) is 0 Å². The summed E-state index contributed by atoms with van der Waals surface area (Å²) in [4.78, 5) is 11.9. The van der Waals surface area contributed by atoms with Crippen LogP contribution in [0.4, 0.5) is 5.69 Å². The van der Waals surface area contributed by atoms with Crippen LogP contribution in [0.15, 0.2) is 41.2 Å².